The summed E-state index contributed by atoms with van der Waals surface area (Å²) in [7, 11) is 1.72. The molecule has 88 valence electrons. The van der Waals surface area contributed by atoms with Crippen LogP contribution in [0.1, 0.15) is 22.7 Å². The van der Waals surface area contributed by atoms with E-state index in [4.69, 9.17) is 4.74 Å². The van der Waals surface area contributed by atoms with Crippen molar-refractivity contribution >= 4 is 0 Å². The Morgan fingerprint density at radius 3 is 2.62 bits per heavy atom. The number of hydrogen-bond donors (Lipinski definition) is 2. The standard InChI is InChI=1S/C13H20N2O/c1-9-10(2)13(16-3)5-4-11(9)12-8-14-6-7-15-12/h4-5,12,14-15H,6-8H2,1-3H3. The number of hydrogen-bond acceptors (Lipinski definition) is 3. The van der Waals surface area contributed by atoms with Crippen molar-refractivity contribution in [3.63, 3.8) is 0 Å². The van der Waals surface area contributed by atoms with Gasteiger partial charge in [-0.25, -0.2) is 0 Å². The Hall–Kier alpha value is -1.06. The van der Waals surface area contributed by atoms with Gasteiger partial charge >= 0.3 is 0 Å². The molecule has 3 nitrogen and oxygen atoms in total. The molecule has 16 heavy (non-hydrogen) atoms. The summed E-state index contributed by atoms with van der Waals surface area (Å²) in [6, 6.07) is 4.66. The van der Waals surface area contributed by atoms with E-state index in [0.29, 0.717) is 6.04 Å². The molecule has 2 N–H and O–H groups in total. The Kier molecular flexibility index (Phi) is 3.46. The molecule has 0 spiro atoms. The van der Waals surface area contributed by atoms with Crippen molar-refractivity contribution in [3.05, 3.63) is 28.8 Å². The molecule has 0 amide bonds. The predicted octanol–water partition coefficient (Wildman–Crippen LogP) is 1.55. The van der Waals surface area contributed by atoms with Crippen molar-refractivity contribution in [2.24, 2.45) is 0 Å². The predicted molar refractivity (Wildman–Crippen MR) is 66.1 cm³/mol. The van der Waals surface area contributed by atoms with Crippen molar-refractivity contribution < 1.29 is 4.74 Å². The van der Waals surface area contributed by atoms with E-state index >= 15 is 0 Å². The van der Waals surface area contributed by atoms with Gasteiger partial charge in [0.15, 0.2) is 0 Å². The highest BCUT2D eigenvalue weighted by Gasteiger charge is 2.17. The number of benzene rings is 1. The number of rotatable bonds is 2. The molecule has 2 rings (SSSR count). The molecule has 0 radical (unpaired) electrons. The van der Waals surface area contributed by atoms with Crippen LogP contribution in [0.3, 0.4) is 0 Å². The molecule has 1 aromatic carbocycles. The molecule has 0 bridgehead atoms. The first-order chi connectivity index (χ1) is 7.74. The molecular formula is C13H20N2O. The zero-order valence-corrected chi connectivity index (χ0v) is 10.3. The van der Waals surface area contributed by atoms with Gasteiger partial charge in [0.25, 0.3) is 0 Å². The molecule has 0 saturated carbocycles. The summed E-state index contributed by atoms with van der Waals surface area (Å²) < 4.78 is 5.33. The Balaban J connectivity index is 2.30. The van der Waals surface area contributed by atoms with Crippen LogP contribution in [0.25, 0.3) is 0 Å². The lowest BCUT2D eigenvalue weighted by Crippen LogP contribution is -2.42. The molecular weight excluding hydrogens is 200 g/mol. The Bertz CT molecular complexity index is 370. The Morgan fingerprint density at radius 2 is 2.00 bits per heavy atom. The topological polar surface area (TPSA) is 33.3 Å². The molecule has 1 aliphatic heterocycles. The van der Waals surface area contributed by atoms with Gasteiger partial charge in [-0.3, -0.25) is 0 Å². The third-order valence-corrected chi connectivity index (χ3v) is 3.42. The third kappa shape index (κ3) is 2.06. The lowest BCUT2D eigenvalue weighted by Gasteiger charge is -2.27. The molecule has 1 fully saturated rings. The first-order valence-corrected chi connectivity index (χ1v) is 5.82. The van der Waals surface area contributed by atoms with Crippen LogP contribution in [-0.2, 0) is 0 Å². The van der Waals surface area contributed by atoms with Gasteiger partial charge in [0, 0.05) is 25.7 Å². The second-order valence-corrected chi connectivity index (χ2v) is 4.32. The van der Waals surface area contributed by atoms with Gasteiger partial charge in [-0.05, 0) is 36.6 Å². The van der Waals surface area contributed by atoms with E-state index in [2.05, 4.69) is 36.6 Å². The van der Waals surface area contributed by atoms with Crippen LogP contribution in [0.5, 0.6) is 5.75 Å². The highest BCUT2D eigenvalue weighted by Crippen LogP contribution is 2.27. The van der Waals surface area contributed by atoms with Crippen LogP contribution in [0.4, 0.5) is 0 Å². The normalized spacial score (nSPS) is 20.8. The van der Waals surface area contributed by atoms with Crippen molar-refractivity contribution in [2.75, 3.05) is 26.7 Å². The number of methoxy groups -OCH3 is 1. The van der Waals surface area contributed by atoms with Gasteiger partial charge in [0.05, 0.1) is 7.11 Å². The average Bonchev–Trinajstić information content (AvgIpc) is 2.34. The molecule has 1 atom stereocenters. The van der Waals surface area contributed by atoms with E-state index in [1.165, 1.54) is 16.7 Å². The fourth-order valence-corrected chi connectivity index (χ4v) is 2.29. The fourth-order valence-electron chi connectivity index (χ4n) is 2.29. The monoisotopic (exact) mass is 220 g/mol. The maximum Gasteiger partial charge on any atom is 0.122 e. The van der Waals surface area contributed by atoms with Gasteiger partial charge in [-0.2, -0.15) is 0 Å². The Morgan fingerprint density at radius 1 is 1.19 bits per heavy atom. The minimum atomic E-state index is 0.429. The van der Waals surface area contributed by atoms with Crippen LogP contribution < -0.4 is 15.4 Å². The molecule has 1 unspecified atom stereocenters. The molecule has 1 saturated heterocycles. The molecule has 3 heteroatoms. The van der Waals surface area contributed by atoms with E-state index in [1.54, 1.807) is 7.11 Å². The minimum absolute atomic E-state index is 0.429. The van der Waals surface area contributed by atoms with Crippen LogP contribution in [-0.4, -0.2) is 26.7 Å². The molecule has 1 aliphatic rings. The zero-order chi connectivity index (χ0) is 11.5. The summed E-state index contributed by atoms with van der Waals surface area (Å²) in [6.45, 7) is 7.39. The lowest BCUT2D eigenvalue weighted by molar-refractivity contribution is 0.408. The summed E-state index contributed by atoms with van der Waals surface area (Å²) >= 11 is 0. The second kappa shape index (κ2) is 4.85. The van der Waals surface area contributed by atoms with E-state index in [-0.39, 0.29) is 0 Å². The van der Waals surface area contributed by atoms with Crippen molar-refractivity contribution in [1.29, 1.82) is 0 Å². The molecule has 1 aromatic rings. The number of nitrogens with one attached hydrogen (secondary N) is 2. The lowest BCUT2D eigenvalue weighted by atomic mass is 9.96. The van der Waals surface area contributed by atoms with E-state index in [9.17, 15) is 0 Å². The van der Waals surface area contributed by atoms with Gasteiger partial charge in [-0.15, -0.1) is 0 Å². The van der Waals surface area contributed by atoms with Gasteiger partial charge < -0.3 is 15.4 Å². The smallest absolute Gasteiger partial charge is 0.122 e. The molecule has 0 aliphatic carbocycles. The first-order valence-electron chi connectivity index (χ1n) is 5.82. The highest BCUT2D eigenvalue weighted by atomic mass is 16.5. The van der Waals surface area contributed by atoms with Gasteiger partial charge in [-0.1, -0.05) is 6.07 Å². The average molecular weight is 220 g/mol. The maximum absolute atomic E-state index is 5.33. The maximum atomic E-state index is 5.33. The molecule has 1 heterocycles. The van der Waals surface area contributed by atoms with Crippen LogP contribution in [0.2, 0.25) is 0 Å². The highest BCUT2D eigenvalue weighted by molar-refractivity contribution is 5.45. The van der Waals surface area contributed by atoms with E-state index in [1.807, 2.05) is 0 Å². The molecule has 0 aromatic heterocycles. The summed E-state index contributed by atoms with van der Waals surface area (Å²) in [5, 5.41) is 6.95. The van der Waals surface area contributed by atoms with E-state index in [0.717, 1.165) is 25.4 Å². The first kappa shape index (κ1) is 11.4. The van der Waals surface area contributed by atoms with Gasteiger partial charge in [0.1, 0.15) is 5.75 Å². The number of ether oxygens (including phenoxy) is 1. The number of piperazine rings is 1. The van der Waals surface area contributed by atoms with Crippen molar-refractivity contribution in [1.82, 2.24) is 10.6 Å². The van der Waals surface area contributed by atoms with E-state index < -0.39 is 0 Å². The quantitative estimate of drug-likeness (QED) is 0.793. The zero-order valence-electron chi connectivity index (χ0n) is 10.3. The van der Waals surface area contributed by atoms with Crippen LogP contribution in [0.15, 0.2) is 12.1 Å². The SMILES string of the molecule is COc1ccc(C2CNCCN2)c(C)c1C. The summed E-state index contributed by atoms with van der Waals surface area (Å²) in [6.07, 6.45) is 0. The Labute approximate surface area is 97.2 Å². The fraction of sp³-hybridized carbons (Fsp3) is 0.538. The largest absolute Gasteiger partial charge is 0.496 e. The van der Waals surface area contributed by atoms with Crippen molar-refractivity contribution in [2.45, 2.75) is 19.9 Å². The summed E-state index contributed by atoms with van der Waals surface area (Å²) in [5.74, 6) is 0.977. The minimum Gasteiger partial charge on any atom is -0.496 e. The third-order valence-electron chi connectivity index (χ3n) is 3.42. The summed E-state index contributed by atoms with van der Waals surface area (Å²) in [5.41, 5.74) is 3.96. The van der Waals surface area contributed by atoms with Crippen LogP contribution in [0, 0.1) is 13.8 Å². The van der Waals surface area contributed by atoms with Crippen LogP contribution >= 0.6 is 0 Å². The summed E-state index contributed by atoms with van der Waals surface area (Å²) in [4.78, 5) is 0. The second-order valence-electron chi connectivity index (χ2n) is 4.32. The van der Waals surface area contributed by atoms with Crippen molar-refractivity contribution in [3.8, 4) is 5.75 Å². The van der Waals surface area contributed by atoms with Gasteiger partial charge in [0.2, 0.25) is 0 Å².